The molecule has 0 radical (unpaired) electrons. The van der Waals surface area contributed by atoms with E-state index in [0.29, 0.717) is 6.42 Å². The molecule has 0 N–H and O–H groups in total. The van der Waals surface area contributed by atoms with Crippen LogP contribution in [-0.2, 0) is 17.6 Å². The Morgan fingerprint density at radius 3 is 2.83 bits per heavy atom. The summed E-state index contributed by atoms with van der Waals surface area (Å²) in [6.07, 6.45) is 2.60. The number of hydrogen-bond donors (Lipinski definition) is 0. The molecule has 1 aromatic rings. The van der Waals surface area contributed by atoms with Crippen LogP contribution in [-0.4, -0.2) is 38.0 Å². The highest BCUT2D eigenvalue weighted by atomic mass is 16.2. The van der Waals surface area contributed by atoms with Crippen LogP contribution in [0.2, 0.25) is 0 Å². The average molecular weight is 246 g/mol. The molecule has 98 valence electrons. The van der Waals surface area contributed by atoms with E-state index in [1.165, 1.54) is 11.1 Å². The summed E-state index contributed by atoms with van der Waals surface area (Å²) in [6.45, 7) is 4.35. The molecule has 18 heavy (non-hydrogen) atoms. The van der Waals surface area contributed by atoms with Gasteiger partial charge in [0, 0.05) is 25.7 Å². The third kappa shape index (κ3) is 2.72. The molecular formula is C15H22N2O. The number of hydrogen-bond acceptors (Lipinski definition) is 2. The van der Waals surface area contributed by atoms with Crippen LogP contribution >= 0.6 is 0 Å². The second kappa shape index (κ2) is 5.53. The lowest BCUT2D eigenvalue weighted by molar-refractivity contribution is -0.118. The van der Waals surface area contributed by atoms with Gasteiger partial charge in [-0.25, -0.2) is 0 Å². The van der Waals surface area contributed by atoms with E-state index < -0.39 is 0 Å². The van der Waals surface area contributed by atoms with Gasteiger partial charge in [-0.2, -0.15) is 0 Å². The van der Waals surface area contributed by atoms with Gasteiger partial charge in [-0.3, -0.25) is 4.79 Å². The van der Waals surface area contributed by atoms with Gasteiger partial charge in [0.2, 0.25) is 5.91 Å². The van der Waals surface area contributed by atoms with Gasteiger partial charge in [-0.05, 0) is 43.6 Å². The van der Waals surface area contributed by atoms with Crippen LogP contribution in [0.25, 0.3) is 0 Å². The van der Waals surface area contributed by atoms with Crippen molar-refractivity contribution in [3.63, 3.8) is 0 Å². The molecule has 0 aromatic heterocycles. The maximum absolute atomic E-state index is 11.6. The average Bonchev–Trinajstić information content (AvgIpc) is 2.40. The molecule has 3 nitrogen and oxygen atoms in total. The van der Waals surface area contributed by atoms with Crippen LogP contribution in [0.1, 0.15) is 24.5 Å². The normalized spacial score (nSPS) is 15.1. The zero-order chi connectivity index (χ0) is 13.1. The van der Waals surface area contributed by atoms with Crippen molar-refractivity contribution in [2.75, 3.05) is 32.1 Å². The van der Waals surface area contributed by atoms with Crippen molar-refractivity contribution in [2.24, 2.45) is 0 Å². The number of fused-ring (bicyclic) bond motifs is 1. The van der Waals surface area contributed by atoms with Gasteiger partial charge >= 0.3 is 0 Å². The number of carbonyl (C=O) groups is 1. The molecule has 0 saturated carbocycles. The largest absolute Gasteiger partial charge is 0.315 e. The summed E-state index contributed by atoms with van der Waals surface area (Å²) in [6, 6.07) is 6.51. The quantitative estimate of drug-likeness (QED) is 0.812. The van der Waals surface area contributed by atoms with Gasteiger partial charge in [0.05, 0.1) is 0 Å². The number of likely N-dealkylation sites (N-methyl/N-ethyl adjacent to an activating group) is 1. The number of carbonyl (C=O) groups excluding carboxylic acids is 1. The van der Waals surface area contributed by atoms with E-state index in [1.807, 2.05) is 7.05 Å². The van der Waals surface area contributed by atoms with Crippen LogP contribution in [0.5, 0.6) is 0 Å². The zero-order valence-corrected chi connectivity index (χ0v) is 11.6. The fourth-order valence-corrected chi connectivity index (χ4v) is 2.34. The molecule has 0 bridgehead atoms. The molecular weight excluding hydrogens is 224 g/mol. The van der Waals surface area contributed by atoms with Crippen LogP contribution in [0.3, 0.4) is 0 Å². The topological polar surface area (TPSA) is 23.6 Å². The van der Waals surface area contributed by atoms with E-state index in [0.717, 1.165) is 31.6 Å². The molecule has 1 aromatic carbocycles. The Balaban J connectivity index is 2.10. The second-order valence-corrected chi connectivity index (χ2v) is 5.06. The summed E-state index contributed by atoms with van der Waals surface area (Å²) in [5.74, 6) is 0.223. The molecule has 1 amide bonds. The zero-order valence-electron chi connectivity index (χ0n) is 11.6. The Morgan fingerprint density at radius 2 is 2.11 bits per heavy atom. The van der Waals surface area contributed by atoms with Crippen molar-refractivity contribution >= 4 is 11.6 Å². The molecule has 0 fully saturated rings. The van der Waals surface area contributed by atoms with Crippen molar-refractivity contribution in [3.05, 3.63) is 29.3 Å². The van der Waals surface area contributed by atoms with Gasteiger partial charge in [-0.15, -0.1) is 0 Å². The lowest BCUT2D eigenvalue weighted by atomic mass is 9.98. The molecule has 1 aliphatic heterocycles. The Morgan fingerprint density at radius 1 is 1.33 bits per heavy atom. The number of anilines is 1. The summed E-state index contributed by atoms with van der Waals surface area (Å²) in [7, 11) is 4.01. The summed E-state index contributed by atoms with van der Waals surface area (Å²) >= 11 is 0. The van der Waals surface area contributed by atoms with E-state index in [1.54, 1.807) is 4.90 Å². The SMILES string of the molecule is CCN(C)CCc1ccc2c(c1)CCC(=O)N2C. The third-order valence-electron chi connectivity index (χ3n) is 3.81. The van der Waals surface area contributed by atoms with Crippen LogP contribution < -0.4 is 4.90 Å². The molecule has 1 heterocycles. The highest BCUT2D eigenvalue weighted by molar-refractivity contribution is 5.95. The molecule has 0 spiro atoms. The highest BCUT2D eigenvalue weighted by Crippen LogP contribution is 2.27. The first-order chi connectivity index (χ1) is 8.61. The molecule has 0 unspecified atom stereocenters. The summed E-state index contributed by atoms with van der Waals surface area (Å²) in [5.41, 5.74) is 3.77. The van der Waals surface area contributed by atoms with E-state index in [-0.39, 0.29) is 5.91 Å². The van der Waals surface area contributed by atoms with Crippen molar-refractivity contribution in [1.82, 2.24) is 4.90 Å². The second-order valence-electron chi connectivity index (χ2n) is 5.06. The van der Waals surface area contributed by atoms with Gasteiger partial charge < -0.3 is 9.80 Å². The van der Waals surface area contributed by atoms with E-state index in [4.69, 9.17) is 0 Å². The minimum absolute atomic E-state index is 0.223. The highest BCUT2D eigenvalue weighted by Gasteiger charge is 2.20. The first kappa shape index (κ1) is 13.1. The molecule has 3 heteroatoms. The van der Waals surface area contributed by atoms with Gasteiger partial charge in [0.25, 0.3) is 0 Å². The third-order valence-corrected chi connectivity index (χ3v) is 3.81. The van der Waals surface area contributed by atoms with E-state index in [9.17, 15) is 4.79 Å². The minimum atomic E-state index is 0.223. The first-order valence-electron chi connectivity index (χ1n) is 6.68. The molecule has 1 aliphatic rings. The number of aryl methyl sites for hydroxylation is 1. The fourth-order valence-electron chi connectivity index (χ4n) is 2.34. The lowest BCUT2D eigenvalue weighted by Gasteiger charge is -2.26. The molecule has 0 aliphatic carbocycles. The maximum Gasteiger partial charge on any atom is 0.227 e. The first-order valence-corrected chi connectivity index (χ1v) is 6.68. The Bertz CT molecular complexity index is 442. The number of amides is 1. The number of rotatable bonds is 4. The lowest BCUT2D eigenvalue weighted by Crippen LogP contribution is -2.31. The van der Waals surface area contributed by atoms with Crippen molar-refractivity contribution in [3.8, 4) is 0 Å². The Labute approximate surface area is 109 Å². The summed E-state index contributed by atoms with van der Waals surface area (Å²) < 4.78 is 0. The summed E-state index contributed by atoms with van der Waals surface area (Å²) in [5, 5.41) is 0. The Kier molecular flexibility index (Phi) is 4.02. The molecule has 0 saturated heterocycles. The standard InChI is InChI=1S/C15H22N2O/c1-4-16(2)10-9-12-5-7-14-13(11-12)6-8-15(18)17(14)3/h5,7,11H,4,6,8-10H2,1-3H3. The van der Waals surface area contributed by atoms with Gasteiger partial charge in [0.1, 0.15) is 0 Å². The van der Waals surface area contributed by atoms with Gasteiger partial charge in [-0.1, -0.05) is 19.1 Å². The van der Waals surface area contributed by atoms with Crippen LogP contribution in [0.4, 0.5) is 5.69 Å². The van der Waals surface area contributed by atoms with Crippen molar-refractivity contribution in [2.45, 2.75) is 26.2 Å². The summed E-state index contributed by atoms with van der Waals surface area (Å²) in [4.78, 5) is 15.7. The fraction of sp³-hybridized carbons (Fsp3) is 0.533. The van der Waals surface area contributed by atoms with Crippen molar-refractivity contribution in [1.29, 1.82) is 0 Å². The predicted molar refractivity (Wildman–Crippen MR) is 75.0 cm³/mol. The number of benzene rings is 1. The van der Waals surface area contributed by atoms with Crippen LogP contribution in [0.15, 0.2) is 18.2 Å². The molecule has 0 atom stereocenters. The van der Waals surface area contributed by atoms with E-state index >= 15 is 0 Å². The van der Waals surface area contributed by atoms with Crippen molar-refractivity contribution < 1.29 is 4.79 Å². The maximum atomic E-state index is 11.6. The Hall–Kier alpha value is -1.35. The monoisotopic (exact) mass is 246 g/mol. The van der Waals surface area contributed by atoms with Crippen LogP contribution in [0, 0.1) is 0 Å². The number of nitrogens with zero attached hydrogens (tertiary/aromatic N) is 2. The smallest absolute Gasteiger partial charge is 0.227 e. The predicted octanol–water partition coefficient (Wildman–Crippen LogP) is 2.09. The molecule has 2 rings (SSSR count). The van der Waals surface area contributed by atoms with E-state index in [2.05, 4.69) is 37.1 Å². The minimum Gasteiger partial charge on any atom is -0.315 e. The van der Waals surface area contributed by atoms with Gasteiger partial charge in [0.15, 0.2) is 0 Å².